The maximum absolute atomic E-state index is 12.9. The Morgan fingerprint density at radius 1 is 0.282 bits per heavy atom. The first kappa shape index (κ1) is 98.4. The van der Waals surface area contributed by atoms with Gasteiger partial charge in [0.2, 0.25) is 0 Å². The van der Waals surface area contributed by atoms with Crippen LogP contribution in [0.4, 0.5) is 0 Å². The zero-order chi connectivity index (χ0) is 75.2. The smallest absolute Gasteiger partial charge is 0.463 e. The minimum absolute atomic E-state index is 0.0782. The monoisotopic (exact) mass is 1480 g/mol. The van der Waals surface area contributed by atoms with Gasteiger partial charge in [-0.1, -0.05) is 301 Å². The van der Waals surface area contributed by atoms with E-state index in [1.54, 1.807) is 0 Å². The second-order valence-corrected chi connectivity index (χ2v) is 29.4. The van der Waals surface area contributed by atoms with E-state index in [9.17, 15) is 43.5 Å². The lowest BCUT2D eigenvalue weighted by Gasteiger charge is -2.21. The number of esters is 3. The molecule has 0 heterocycles. The van der Waals surface area contributed by atoms with Crippen molar-refractivity contribution in [3.63, 3.8) is 0 Å². The van der Waals surface area contributed by atoms with Crippen LogP contribution in [0.25, 0.3) is 0 Å². The standard InChI is InChI=1S/C85H144O16P2/c1-4-7-10-13-16-19-22-25-27-29-31-33-35-36-37-38-39-40-41-42-44-46-47-49-51-54-56-59-62-65-68-71-83(88)95-74-80(86)75-97-102(91,92)98-76-81(87)77-99-103(93,94)100-79-82(101-85(90)73-70-67-64-61-58-53-24-21-18-15-12-9-6-3)78-96-84(89)72-69-66-63-60-57-55-52-50-48-45-43-34-32-30-28-26-23-20-17-14-11-8-5-2/h8,11-12,15-17,19-21,24-28,31-34,36-37,45,48,52,55,80-82,86-87H,4-7,9-10,13-14,18,22-23,29-30,35,38-44,46-47,49-51,53-54,56-79H2,1-3H3,(H,91,92)(H,93,94)/b11-8-,15-12-,19-16-,20-17-,24-21-,27-25-,28-26-,33-31-,34-32-,37-36-,48-45-,55-52-. The average Bonchev–Trinajstić information content (AvgIpc) is 0.947. The van der Waals surface area contributed by atoms with Gasteiger partial charge in [-0.2, -0.15) is 0 Å². The van der Waals surface area contributed by atoms with Crippen molar-refractivity contribution in [1.29, 1.82) is 0 Å². The van der Waals surface area contributed by atoms with E-state index in [-0.39, 0.29) is 19.3 Å². The summed E-state index contributed by atoms with van der Waals surface area (Å²) in [5.41, 5.74) is 0. The van der Waals surface area contributed by atoms with Gasteiger partial charge in [0.05, 0.1) is 26.4 Å². The first-order valence-electron chi connectivity index (χ1n) is 40.1. The number of rotatable bonds is 75. The largest absolute Gasteiger partial charge is 0.472 e. The van der Waals surface area contributed by atoms with Gasteiger partial charge in [-0.3, -0.25) is 32.5 Å². The van der Waals surface area contributed by atoms with Crippen LogP contribution < -0.4 is 0 Å². The van der Waals surface area contributed by atoms with Crippen LogP contribution >= 0.6 is 15.6 Å². The topological polar surface area (TPSA) is 231 Å². The number of phosphoric acid groups is 2. The Balaban J connectivity index is 4.49. The molecule has 0 aliphatic rings. The molecule has 18 heteroatoms. The SMILES string of the molecule is CC/C=C\C/C=C\C/C=C\C/C=C\C/C=C\C/C=C\CCCCCCC(=O)OCC(COP(=O)(O)OCC(O)COP(=O)(O)OCC(O)COC(=O)CCCCCCCCCCCCCCCCC/C=C\C/C=C\C/C=C\C/C=C\CCCCC)OC(=O)CCCCCCC/C=C\C/C=C\CCC. The van der Waals surface area contributed by atoms with Crippen LogP contribution in [0, 0.1) is 0 Å². The van der Waals surface area contributed by atoms with E-state index in [0.29, 0.717) is 19.3 Å². The molecule has 0 fully saturated rings. The van der Waals surface area contributed by atoms with Crippen LogP contribution in [0.5, 0.6) is 0 Å². The van der Waals surface area contributed by atoms with Gasteiger partial charge >= 0.3 is 33.6 Å². The molecular formula is C85H144O16P2. The Morgan fingerprint density at radius 2 is 0.534 bits per heavy atom. The third-order valence-corrected chi connectivity index (χ3v) is 18.4. The Kier molecular flexibility index (Phi) is 73.6. The number of carbonyl (C=O) groups is 3. The summed E-state index contributed by atoms with van der Waals surface area (Å²) in [6.07, 6.45) is 94.8. The fourth-order valence-corrected chi connectivity index (χ4v) is 12.0. The van der Waals surface area contributed by atoms with Gasteiger partial charge in [-0.05, 0) is 141 Å². The molecule has 590 valence electrons. The molecule has 0 saturated carbocycles. The predicted molar refractivity (Wildman–Crippen MR) is 426 cm³/mol. The zero-order valence-electron chi connectivity index (χ0n) is 64.4. The highest BCUT2D eigenvalue weighted by atomic mass is 31.2. The zero-order valence-corrected chi connectivity index (χ0v) is 66.2. The number of phosphoric ester groups is 2. The van der Waals surface area contributed by atoms with Crippen LogP contribution in [0.3, 0.4) is 0 Å². The van der Waals surface area contributed by atoms with Gasteiger partial charge in [0.1, 0.15) is 25.4 Å². The van der Waals surface area contributed by atoms with Crippen molar-refractivity contribution in [1.82, 2.24) is 0 Å². The molecule has 5 unspecified atom stereocenters. The lowest BCUT2D eigenvalue weighted by Crippen LogP contribution is -2.30. The first-order chi connectivity index (χ1) is 50.2. The summed E-state index contributed by atoms with van der Waals surface area (Å²) in [5.74, 6) is -1.62. The molecule has 0 aromatic heterocycles. The van der Waals surface area contributed by atoms with Gasteiger partial charge in [-0.25, -0.2) is 9.13 Å². The van der Waals surface area contributed by atoms with Crippen LogP contribution in [0.2, 0.25) is 0 Å². The predicted octanol–water partition coefficient (Wildman–Crippen LogP) is 23.7. The van der Waals surface area contributed by atoms with Gasteiger partial charge in [0, 0.05) is 19.3 Å². The number of aliphatic hydroxyl groups is 2. The molecule has 0 saturated heterocycles. The molecule has 0 spiro atoms. The number of hydrogen-bond donors (Lipinski definition) is 4. The quantitative estimate of drug-likeness (QED) is 0.0146. The highest BCUT2D eigenvalue weighted by molar-refractivity contribution is 7.47. The van der Waals surface area contributed by atoms with Gasteiger partial charge < -0.3 is 34.2 Å². The second-order valence-electron chi connectivity index (χ2n) is 26.5. The minimum Gasteiger partial charge on any atom is -0.463 e. The van der Waals surface area contributed by atoms with Crippen molar-refractivity contribution < 1.29 is 75.8 Å². The average molecular weight is 1480 g/mol. The van der Waals surface area contributed by atoms with Crippen LogP contribution in [0.15, 0.2) is 146 Å². The van der Waals surface area contributed by atoms with Crippen LogP contribution in [-0.4, -0.2) is 95.9 Å². The molecule has 0 aromatic carbocycles. The summed E-state index contributed by atoms with van der Waals surface area (Å²) < 4.78 is 61.1. The molecule has 16 nitrogen and oxygen atoms in total. The van der Waals surface area contributed by atoms with Gasteiger partial charge in [0.25, 0.3) is 0 Å². The van der Waals surface area contributed by atoms with Crippen molar-refractivity contribution >= 4 is 33.6 Å². The van der Waals surface area contributed by atoms with E-state index in [2.05, 4.69) is 167 Å². The normalized spacial score (nSPS) is 14.7. The molecule has 5 atom stereocenters. The molecule has 0 bridgehead atoms. The van der Waals surface area contributed by atoms with E-state index >= 15 is 0 Å². The van der Waals surface area contributed by atoms with Crippen LogP contribution in [-0.2, 0) is 55.8 Å². The molecule has 0 radical (unpaired) electrons. The Hall–Kier alpha value is -4.57. The van der Waals surface area contributed by atoms with Gasteiger partial charge in [0.15, 0.2) is 6.10 Å². The van der Waals surface area contributed by atoms with E-state index in [0.717, 1.165) is 154 Å². The summed E-state index contributed by atoms with van der Waals surface area (Å²) in [6.45, 7) is 2.43. The summed E-state index contributed by atoms with van der Waals surface area (Å²) >= 11 is 0. The fourth-order valence-electron chi connectivity index (χ4n) is 10.4. The third kappa shape index (κ3) is 78.3. The number of carbonyl (C=O) groups excluding carboxylic acids is 3. The molecule has 0 rings (SSSR count). The van der Waals surface area contributed by atoms with E-state index < -0.39 is 91.5 Å². The number of hydrogen-bond acceptors (Lipinski definition) is 14. The number of aliphatic hydroxyl groups excluding tert-OH is 2. The lowest BCUT2D eigenvalue weighted by atomic mass is 10.0. The van der Waals surface area contributed by atoms with Crippen molar-refractivity contribution in [3.05, 3.63) is 146 Å². The number of ether oxygens (including phenoxy) is 3. The summed E-state index contributed by atoms with van der Waals surface area (Å²) in [7, 11) is -9.80. The van der Waals surface area contributed by atoms with Crippen molar-refractivity contribution in [2.24, 2.45) is 0 Å². The molecule has 4 N–H and O–H groups in total. The molecule has 0 amide bonds. The number of unbranched alkanes of at least 4 members (excludes halogenated alkanes) is 28. The molecule has 103 heavy (non-hydrogen) atoms. The fraction of sp³-hybridized carbons (Fsp3) is 0.682. The van der Waals surface area contributed by atoms with E-state index in [1.165, 1.54) is 103 Å². The summed E-state index contributed by atoms with van der Waals surface area (Å²) in [5, 5.41) is 20.6. The maximum Gasteiger partial charge on any atom is 0.472 e. The molecule has 0 aliphatic heterocycles. The van der Waals surface area contributed by atoms with Crippen molar-refractivity contribution in [2.75, 3.05) is 39.6 Å². The maximum atomic E-state index is 12.9. The third-order valence-electron chi connectivity index (χ3n) is 16.5. The Labute approximate surface area is 626 Å². The minimum atomic E-state index is -4.94. The summed E-state index contributed by atoms with van der Waals surface area (Å²) in [4.78, 5) is 58.6. The lowest BCUT2D eigenvalue weighted by molar-refractivity contribution is -0.161. The molecular weight excluding hydrogens is 1340 g/mol. The Bertz CT molecular complexity index is 2450. The second kappa shape index (κ2) is 77.1. The highest BCUT2D eigenvalue weighted by Crippen LogP contribution is 2.45. The first-order valence-corrected chi connectivity index (χ1v) is 43.1. The summed E-state index contributed by atoms with van der Waals surface area (Å²) in [6, 6.07) is 0. The highest BCUT2D eigenvalue weighted by Gasteiger charge is 2.29. The Morgan fingerprint density at radius 3 is 0.854 bits per heavy atom. The van der Waals surface area contributed by atoms with Crippen LogP contribution in [0.1, 0.15) is 316 Å². The number of allylic oxidation sites excluding steroid dienone is 24. The molecule has 0 aromatic rings. The van der Waals surface area contributed by atoms with Gasteiger partial charge in [-0.15, -0.1) is 0 Å². The van der Waals surface area contributed by atoms with E-state index in [4.69, 9.17) is 32.3 Å². The van der Waals surface area contributed by atoms with E-state index in [1.807, 2.05) is 0 Å². The van der Waals surface area contributed by atoms with Crippen molar-refractivity contribution in [3.8, 4) is 0 Å². The molecule has 0 aliphatic carbocycles. The van der Waals surface area contributed by atoms with Crippen molar-refractivity contribution in [2.45, 2.75) is 334 Å².